The quantitative estimate of drug-likeness (QED) is 0.756. The molecule has 1 aliphatic rings. The number of sulfonamides is 1. The molecule has 0 unspecified atom stereocenters. The van der Waals surface area contributed by atoms with E-state index in [0.29, 0.717) is 17.3 Å². The summed E-state index contributed by atoms with van der Waals surface area (Å²) in [6.07, 6.45) is 0. The van der Waals surface area contributed by atoms with Gasteiger partial charge in [-0.05, 0) is 48.9 Å². The topological polar surface area (TPSA) is 66.9 Å². The van der Waals surface area contributed by atoms with Gasteiger partial charge in [-0.25, -0.2) is 8.42 Å². The fourth-order valence-electron chi connectivity index (χ4n) is 3.20. The van der Waals surface area contributed by atoms with Gasteiger partial charge in [0.25, 0.3) is 0 Å². The number of ether oxygens (including phenoxy) is 1. The van der Waals surface area contributed by atoms with E-state index in [0.717, 1.165) is 11.1 Å². The van der Waals surface area contributed by atoms with Gasteiger partial charge in [0.15, 0.2) is 0 Å². The number of hydrogen-bond donors (Lipinski definition) is 0. The average Bonchev–Trinajstić information content (AvgIpc) is 2.81. The van der Waals surface area contributed by atoms with E-state index in [1.54, 1.807) is 24.1 Å². The summed E-state index contributed by atoms with van der Waals surface area (Å²) in [6, 6.07) is 11.4. The Balaban J connectivity index is 1.96. The Labute approximate surface area is 170 Å². The minimum absolute atomic E-state index is 0.0359. The second-order valence-electron chi connectivity index (χ2n) is 6.84. The maximum Gasteiger partial charge on any atom is 0.243 e. The summed E-state index contributed by atoms with van der Waals surface area (Å²) in [7, 11) is -1.99. The average molecular weight is 423 g/mol. The Bertz CT molecular complexity index is 976. The Kier molecular flexibility index (Phi) is 5.98. The summed E-state index contributed by atoms with van der Waals surface area (Å²) >= 11 is 5.89. The van der Waals surface area contributed by atoms with E-state index in [9.17, 15) is 13.2 Å². The van der Waals surface area contributed by atoms with Crippen molar-refractivity contribution in [2.45, 2.75) is 31.3 Å². The molecular formula is C20H23ClN2O4S. The third-order valence-electron chi connectivity index (χ3n) is 4.90. The summed E-state index contributed by atoms with van der Waals surface area (Å²) in [5, 5.41) is 0.482. The van der Waals surface area contributed by atoms with Crippen molar-refractivity contribution in [3.63, 3.8) is 0 Å². The molecule has 0 spiro atoms. The molecule has 0 saturated heterocycles. The summed E-state index contributed by atoms with van der Waals surface area (Å²) in [5.74, 6) is 0.627. The molecule has 150 valence electrons. The zero-order valence-electron chi connectivity index (χ0n) is 16.1. The molecule has 28 heavy (non-hydrogen) atoms. The van der Waals surface area contributed by atoms with Crippen molar-refractivity contribution in [3.05, 3.63) is 58.6 Å². The zero-order chi connectivity index (χ0) is 20.5. The molecule has 0 fully saturated rings. The molecule has 8 heteroatoms. The van der Waals surface area contributed by atoms with Gasteiger partial charge < -0.3 is 9.64 Å². The van der Waals surface area contributed by atoms with Crippen LogP contribution in [-0.4, -0.2) is 43.7 Å². The molecule has 0 aromatic heterocycles. The van der Waals surface area contributed by atoms with E-state index >= 15 is 0 Å². The first-order valence-corrected chi connectivity index (χ1v) is 10.8. The van der Waals surface area contributed by atoms with Gasteiger partial charge in [0.1, 0.15) is 12.4 Å². The lowest BCUT2D eigenvalue weighted by atomic mass is 10.0. The van der Waals surface area contributed by atoms with Gasteiger partial charge in [-0.3, -0.25) is 4.79 Å². The molecule has 3 rings (SSSR count). The number of fused-ring (bicyclic) bond motifs is 1. The third-order valence-corrected chi connectivity index (χ3v) is 7.14. The second kappa shape index (κ2) is 8.11. The van der Waals surface area contributed by atoms with Crippen molar-refractivity contribution in [1.82, 2.24) is 9.21 Å². The molecule has 2 aromatic rings. The lowest BCUT2D eigenvalue weighted by molar-refractivity contribution is -0.128. The highest BCUT2D eigenvalue weighted by atomic mass is 35.5. The maximum atomic E-state index is 13.2. The first-order chi connectivity index (χ1) is 13.2. The molecule has 1 atom stereocenters. The Morgan fingerprint density at radius 2 is 1.93 bits per heavy atom. The summed E-state index contributed by atoms with van der Waals surface area (Å²) in [4.78, 5) is 13.3. The summed E-state index contributed by atoms with van der Waals surface area (Å²) in [5.41, 5.74) is 1.70. The van der Waals surface area contributed by atoms with Crippen LogP contribution >= 0.6 is 11.6 Å². The molecule has 0 aliphatic carbocycles. The number of benzene rings is 2. The summed E-state index contributed by atoms with van der Waals surface area (Å²) in [6.45, 7) is 4.30. The number of nitrogens with zero attached hydrogens (tertiary/aromatic N) is 2. The standard InChI is InChI=1S/C20H23ClN2O4S/c1-14-19-12-16(13-22(3)15(2)24)4-9-20(19)27-11-10-23(14)28(25,26)18-7-5-17(21)6-8-18/h4-9,12,14H,10-11,13H2,1-3H3/t14-/m1/s1. The largest absolute Gasteiger partial charge is 0.492 e. The fraction of sp³-hybridized carbons (Fsp3) is 0.350. The van der Waals surface area contributed by atoms with Crippen LogP contribution < -0.4 is 4.74 Å². The van der Waals surface area contributed by atoms with Gasteiger partial charge in [0.2, 0.25) is 15.9 Å². The minimum Gasteiger partial charge on any atom is -0.492 e. The van der Waals surface area contributed by atoms with Crippen molar-refractivity contribution >= 4 is 27.5 Å². The lowest BCUT2D eigenvalue weighted by Crippen LogP contribution is -2.35. The van der Waals surface area contributed by atoms with Crippen LogP contribution in [0.5, 0.6) is 5.75 Å². The van der Waals surface area contributed by atoms with Crippen LogP contribution in [0.25, 0.3) is 0 Å². The highest BCUT2D eigenvalue weighted by molar-refractivity contribution is 7.89. The maximum absolute atomic E-state index is 13.2. The molecule has 2 aromatic carbocycles. The van der Waals surface area contributed by atoms with Crippen molar-refractivity contribution in [2.24, 2.45) is 0 Å². The van der Waals surface area contributed by atoms with E-state index in [-0.39, 0.29) is 24.0 Å². The smallest absolute Gasteiger partial charge is 0.243 e. The number of carbonyl (C=O) groups is 1. The van der Waals surface area contributed by atoms with Crippen LogP contribution in [0.4, 0.5) is 0 Å². The van der Waals surface area contributed by atoms with Crippen molar-refractivity contribution in [3.8, 4) is 5.75 Å². The molecule has 1 heterocycles. The monoisotopic (exact) mass is 422 g/mol. The van der Waals surface area contributed by atoms with Gasteiger partial charge in [-0.15, -0.1) is 0 Å². The summed E-state index contributed by atoms with van der Waals surface area (Å²) < 4.78 is 33.6. The van der Waals surface area contributed by atoms with Gasteiger partial charge in [-0.2, -0.15) is 4.31 Å². The normalized spacial score (nSPS) is 17.4. The van der Waals surface area contributed by atoms with Crippen LogP contribution in [-0.2, 0) is 21.4 Å². The fourth-order valence-corrected chi connectivity index (χ4v) is 4.93. The highest BCUT2D eigenvalue weighted by Crippen LogP contribution is 2.36. The van der Waals surface area contributed by atoms with Crippen LogP contribution in [0, 0.1) is 0 Å². The molecule has 0 N–H and O–H groups in total. The van der Waals surface area contributed by atoms with Gasteiger partial charge in [-0.1, -0.05) is 17.7 Å². The van der Waals surface area contributed by atoms with Crippen LogP contribution in [0.2, 0.25) is 5.02 Å². The number of hydrogen-bond acceptors (Lipinski definition) is 4. The van der Waals surface area contributed by atoms with E-state index in [1.165, 1.54) is 23.4 Å². The zero-order valence-corrected chi connectivity index (χ0v) is 17.6. The van der Waals surface area contributed by atoms with Crippen LogP contribution in [0.3, 0.4) is 0 Å². The molecule has 1 amide bonds. The molecule has 1 aliphatic heterocycles. The van der Waals surface area contributed by atoms with Crippen molar-refractivity contribution in [2.75, 3.05) is 20.2 Å². The predicted octanol–water partition coefficient (Wildman–Crippen LogP) is 3.46. The van der Waals surface area contributed by atoms with Crippen molar-refractivity contribution < 1.29 is 17.9 Å². The Morgan fingerprint density at radius 1 is 1.25 bits per heavy atom. The van der Waals surface area contributed by atoms with Gasteiger partial charge in [0.05, 0.1) is 10.9 Å². The van der Waals surface area contributed by atoms with E-state index in [4.69, 9.17) is 16.3 Å². The Morgan fingerprint density at radius 3 is 2.57 bits per heavy atom. The van der Waals surface area contributed by atoms with E-state index in [1.807, 2.05) is 25.1 Å². The highest BCUT2D eigenvalue weighted by Gasteiger charge is 2.33. The number of halogens is 1. The Hall–Kier alpha value is -2.09. The van der Waals surface area contributed by atoms with Crippen LogP contribution in [0.1, 0.15) is 31.0 Å². The second-order valence-corrected chi connectivity index (χ2v) is 9.17. The molecule has 6 nitrogen and oxygen atoms in total. The van der Waals surface area contributed by atoms with Crippen LogP contribution in [0.15, 0.2) is 47.4 Å². The van der Waals surface area contributed by atoms with E-state index < -0.39 is 16.1 Å². The third kappa shape index (κ3) is 4.16. The molecule has 0 radical (unpaired) electrons. The number of carbonyl (C=O) groups excluding carboxylic acids is 1. The molecule has 0 bridgehead atoms. The minimum atomic E-state index is -3.71. The lowest BCUT2D eigenvalue weighted by Gasteiger charge is -2.26. The van der Waals surface area contributed by atoms with Gasteiger partial charge >= 0.3 is 0 Å². The number of rotatable bonds is 4. The molecular weight excluding hydrogens is 400 g/mol. The molecule has 0 saturated carbocycles. The first-order valence-electron chi connectivity index (χ1n) is 8.95. The predicted molar refractivity (Wildman–Crippen MR) is 108 cm³/mol. The van der Waals surface area contributed by atoms with Gasteiger partial charge in [0, 0.05) is 37.6 Å². The van der Waals surface area contributed by atoms with Crippen molar-refractivity contribution in [1.29, 1.82) is 0 Å². The SMILES string of the molecule is CC(=O)N(C)Cc1ccc2c(c1)[C@@H](C)N(S(=O)(=O)c1ccc(Cl)cc1)CCO2. The van der Waals surface area contributed by atoms with E-state index in [2.05, 4.69) is 0 Å². The number of amides is 1. The first kappa shape index (κ1) is 20.6.